The van der Waals surface area contributed by atoms with Crippen LogP contribution in [0.5, 0.6) is 0 Å². The first-order valence-electron chi connectivity index (χ1n) is 8.46. The Morgan fingerprint density at radius 1 is 1.25 bits per heavy atom. The molecule has 2 aromatic heterocycles. The second-order valence-corrected chi connectivity index (χ2v) is 8.09. The number of aromatic nitrogens is 3. The molecule has 2 fully saturated rings. The molecule has 2 saturated heterocycles. The molecule has 4 rings (SSSR count). The van der Waals surface area contributed by atoms with Crippen molar-refractivity contribution in [2.24, 2.45) is 18.9 Å². The van der Waals surface area contributed by atoms with Gasteiger partial charge in [0, 0.05) is 51.3 Å². The van der Waals surface area contributed by atoms with Gasteiger partial charge in [0.15, 0.2) is 0 Å². The van der Waals surface area contributed by atoms with Gasteiger partial charge in [-0.05, 0) is 24.8 Å². The fourth-order valence-corrected chi connectivity index (χ4v) is 4.56. The molecule has 0 saturated carbocycles. The Morgan fingerprint density at radius 2 is 2.00 bits per heavy atom. The first kappa shape index (κ1) is 15.8. The summed E-state index contributed by atoms with van der Waals surface area (Å²) < 4.78 is 1.75. The van der Waals surface area contributed by atoms with Crippen molar-refractivity contribution in [1.29, 1.82) is 0 Å². The highest BCUT2D eigenvalue weighted by atomic mass is 32.1. The number of amides is 1. The molecular weight excluding hydrogens is 322 g/mol. The lowest BCUT2D eigenvalue weighted by molar-refractivity contribution is -0.129. The highest BCUT2D eigenvalue weighted by molar-refractivity contribution is 7.09. The van der Waals surface area contributed by atoms with E-state index in [1.165, 1.54) is 5.69 Å². The highest BCUT2D eigenvalue weighted by Crippen LogP contribution is 2.32. The Labute approximate surface area is 146 Å². The van der Waals surface area contributed by atoms with Crippen LogP contribution in [0.1, 0.15) is 16.4 Å². The monoisotopic (exact) mass is 345 g/mol. The summed E-state index contributed by atoms with van der Waals surface area (Å²) in [6.45, 7) is 6.94. The summed E-state index contributed by atoms with van der Waals surface area (Å²) in [5, 5.41) is 7.60. The van der Waals surface area contributed by atoms with Crippen LogP contribution in [-0.2, 0) is 24.8 Å². The number of carbonyl (C=O) groups is 1. The van der Waals surface area contributed by atoms with Crippen molar-refractivity contribution in [2.45, 2.75) is 19.9 Å². The second kappa shape index (κ2) is 6.29. The van der Waals surface area contributed by atoms with E-state index >= 15 is 0 Å². The van der Waals surface area contributed by atoms with Crippen molar-refractivity contribution in [3.05, 3.63) is 34.0 Å². The highest BCUT2D eigenvalue weighted by Gasteiger charge is 2.41. The van der Waals surface area contributed by atoms with Gasteiger partial charge in [-0.3, -0.25) is 14.4 Å². The molecule has 0 N–H and O–H groups in total. The van der Waals surface area contributed by atoms with Crippen molar-refractivity contribution in [1.82, 2.24) is 24.6 Å². The molecule has 0 unspecified atom stereocenters. The number of hydrogen-bond donors (Lipinski definition) is 0. The summed E-state index contributed by atoms with van der Waals surface area (Å²) in [5.74, 6) is 1.43. The van der Waals surface area contributed by atoms with E-state index < -0.39 is 0 Å². The fourth-order valence-electron chi connectivity index (χ4n) is 3.96. The van der Waals surface area contributed by atoms with E-state index in [2.05, 4.69) is 27.3 Å². The van der Waals surface area contributed by atoms with Crippen LogP contribution in [0.25, 0.3) is 0 Å². The zero-order chi connectivity index (χ0) is 16.7. The van der Waals surface area contributed by atoms with E-state index in [4.69, 9.17) is 0 Å². The smallest absolute Gasteiger partial charge is 0.228 e. The molecule has 2 aliphatic rings. The largest absolute Gasteiger partial charge is 0.342 e. The molecule has 4 heterocycles. The van der Waals surface area contributed by atoms with Crippen LogP contribution < -0.4 is 0 Å². The number of carbonyl (C=O) groups excluding carboxylic acids is 1. The van der Waals surface area contributed by atoms with Gasteiger partial charge in [-0.2, -0.15) is 5.10 Å². The normalized spacial score (nSPS) is 23.8. The summed E-state index contributed by atoms with van der Waals surface area (Å²) in [6, 6.07) is 1.92. The van der Waals surface area contributed by atoms with Crippen LogP contribution in [0.3, 0.4) is 0 Å². The molecule has 6 nitrogen and oxygen atoms in total. The summed E-state index contributed by atoms with van der Waals surface area (Å²) >= 11 is 1.72. The average molecular weight is 345 g/mol. The van der Waals surface area contributed by atoms with E-state index in [0.29, 0.717) is 18.3 Å². The molecule has 0 aromatic carbocycles. The third kappa shape index (κ3) is 3.23. The first-order chi connectivity index (χ1) is 11.6. The maximum absolute atomic E-state index is 12.5. The van der Waals surface area contributed by atoms with Gasteiger partial charge in [-0.1, -0.05) is 0 Å². The van der Waals surface area contributed by atoms with Crippen LogP contribution in [0.4, 0.5) is 0 Å². The maximum atomic E-state index is 12.5. The Bertz CT molecular complexity index is 725. The maximum Gasteiger partial charge on any atom is 0.228 e. The van der Waals surface area contributed by atoms with Gasteiger partial charge in [0.1, 0.15) is 0 Å². The Balaban J connectivity index is 1.30. The standard InChI is InChI=1S/C17H23N5OS/c1-12-18-16(11-24-12)10-21-6-13-8-22(9-14(13)7-21)17(23)5-15-3-4-20(2)19-15/h3-4,11,13-14H,5-10H2,1-2H3/t13-,14+. The minimum absolute atomic E-state index is 0.213. The lowest BCUT2D eigenvalue weighted by Crippen LogP contribution is -2.34. The van der Waals surface area contributed by atoms with E-state index in [1.807, 2.05) is 24.2 Å². The number of rotatable bonds is 4. The van der Waals surface area contributed by atoms with Gasteiger partial charge in [0.05, 0.1) is 22.8 Å². The van der Waals surface area contributed by atoms with Crippen LogP contribution in [0.15, 0.2) is 17.6 Å². The average Bonchev–Trinajstić information content (AvgIpc) is 3.25. The zero-order valence-corrected chi connectivity index (χ0v) is 15.0. The molecule has 7 heteroatoms. The van der Waals surface area contributed by atoms with Crippen molar-refractivity contribution < 1.29 is 4.79 Å². The van der Waals surface area contributed by atoms with Gasteiger partial charge >= 0.3 is 0 Å². The topological polar surface area (TPSA) is 54.3 Å². The predicted octanol–water partition coefficient (Wildman–Crippen LogP) is 1.32. The first-order valence-corrected chi connectivity index (χ1v) is 9.34. The molecule has 0 bridgehead atoms. The second-order valence-electron chi connectivity index (χ2n) is 7.03. The van der Waals surface area contributed by atoms with Gasteiger partial charge in [0.25, 0.3) is 0 Å². The third-order valence-corrected chi connectivity index (χ3v) is 5.89. The van der Waals surface area contributed by atoms with Crippen molar-refractivity contribution >= 4 is 17.2 Å². The van der Waals surface area contributed by atoms with Crippen molar-refractivity contribution in [3.8, 4) is 0 Å². The zero-order valence-electron chi connectivity index (χ0n) is 14.2. The summed E-state index contributed by atoms with van der Waals surface area (Å²) in [5.41, 5.74) is 2.04. The molecular formula is C17H23N5OS. The number of aryl methyl sites for hydroxylation is 2. The quantitative estimate of drug-likeness (QED) is 0.839. The fraction of sp³-hybridized carbons (Fsp3) is 0.588. The van der Waals surface area contributed by atoms with E-state index in [9.17, 15) is 4.79 Å². The van der Waals surface area contributed by atoms with Crippen molar-refractivity contribution in [3.63, 3.8) is 0 Å². The lowest BCUT2D eigenvalue weighted by atomic mass is 10.0. The van der Waals surface area contributed by atoms with Gasteiger partial charge in [-0.15, -0.1) is 11.3 Å². The molecule has 2 atom stereocenters. The predicted molar refractivity (Wildman–Crippen MR) is 92.6 cm³/mol. The van der Waals surface area contributed by atoms with Crippen LogP contribution in [0, 0.1) is 18.8 Å². The minimum atomic E-state index is 0.213. The van der Waals surface area contributed by atoms with Crippen LogP contribution in [-0.4, -0.2) is 56.7 Å². The Kier molecular flexibility index (Phi) is 4.14. The third-order valence-electron chi connectivity index (χ3n) is 5.07. The number of hydrogen-bond acceptors (Lipinski definition) is 5. The molecule has 0 aliphatic carbocycles. The Hall–Kier alpha value is -1.73. The Morgan fingerprint density at radius 3 is 2.58 bits per heavy atom. The number of thiazole rings is 1. The van der Waals surface area contributed by atoms with E-state index in [0.717, 1.165) is 43.4 Å². The van der Waals surface area contributed by atoms with E-state index in [-0.39, 0.29) is 5.91 Å². The van der Waals surface area contributed by atoms with Gasteiger partial charge in [0.2, 0.25) is 5.91 Å². The number of nitrogens with zero attached hydrogens (tertiary/aromatic N) is 5. The lowest BCUT2D eigenvalue weighted by Gasteiger charge is -2.21. The van der Waals surface area contributed by atoms with Gasteiger partial charge < -0.3 is 4.90 Å². The molecule has 0 radical (unpaired) electrons. The SMILES string of the molecule is Cc1nc(CN2C[C@@H]3CN(C(=O)Cc4ccn(C)n4)C[C@@H]3C2)cs1. The number of likely N-dealkylation sites (tertiary alicyclic amines) is 2. The molecule has 2 aliphatic heterocycles. The molecule has 2 aromatic rings. The van der Waals surface area contributed by atoms with Crippen molar-refractivity contribution in [2.75, 3.05) is 26.2 Å². The number of fused-ring (bicyclic) bond motifs is 1. The van der Waals surface area contributed by atoms with Crippen LogP contribution >= 0.6 is 11.3 Å². The molecule has 24 heavy (non-hydrogen) atoms. The van der Waals surface area contributed by atoms with E-state index in [1.54, 1.807) is 16.0 Å². The molecule has 128 valence electrons. The summed E-state index contributed by atoms with van der Waals surface area (Å²) in [6.07, 6.45) is 2.31. The molecule has 0 spiro atoms. The van der Waals surface area contributed by atoms with Crippen LogP contribution in [0.2, 0.25) is 0 Å². The summed E-state index contributed by atoms with van der Waals surface area (Å²) in [7, 11) is 1.88. The molecule has 1 amide bonds. The van der Waals surface area contributed by atoms with Gasteiger partial charge in [-0.25, -0.2) is 4.98 Å². The summed E-state index contributed by atoms with van der Waals surface area (Å²) in [4.78, 5) is 21.6. The minimum Gasteiger partial charge on any atom is -0.342 e.